The molecule has 139 heavy (non-hydrogen) atoms. The van der Waals surface area contributed by atoms with Crippen molar-refractivity contribution < 1.29 is 34.1 Å². The van der Waals surface area contributed by atoms with Gasteiger partial charge in [-0.15, -0.1) is 34.0 Å². The molecule has 7 aliphatic heterocycles. The number of carbonyl (C=O) groups is 3. The summed E-state index contributed by atoms with van der Waals surface area (Å²) in [5.41, 5.74) is 14.2. The highest BCUT2D eigenvalue weighted by molar-refractivity contribution is 7.12. The Kier molecular flexibility index (Phi) is 32.1. The summed E-state index contributed by atoms with van der Waals surface area (Å²) in [5.74, 6) is 5.28. The fourth-order valence-corrected chi connectivity index (χ4v) is 22.3. The van der Waals surface area contributed by atoms with Crippen molar-refractivity contribution in [2.24, 2.45) is 11.8 Å². The molecule has 17 heterocycles. The Labute approximate surface area is 823 Å². The smallest absolute Gasteiger partial charge is 0.311 e. The van der Waals surface area contributed by atoms with Crippen molar-refractivity contribution >= 4 is 93.3 Å². The van der Waals surface area contributed by atoms with Crippen molar-refractivity contribution in [1.82, 2.24) is 88.8 Å². The molecule has 0 amide bonds. The van der Waals surface area contributed by atoms with Gasteiger partial charge in [0.1, 0.15) is 32.5 Å². The van der Waals surface area contributed by atoms with E-state index >= 15 is 0 Å². The third kappa shape index (κ3) is 25.7. The van der Waals surface area contributed by atoms with E-state index in [-0.39, 0.29) is 41.6 Å². The number of carboxylic acids is 2. The van der Waals surface area contributed by atoms with Gasteiger partial charge in [0, 0.05) is 192 Å². The minimum Gasteiger partial charge on any atom is -0.481 e. The largest absolute Gasteiger partial charge is 0.481 e. The van der Waals surface area contributed by atoms with Gasteiger partial charge in [0.2, 0.25) is 35.0 Å². The van der Waals surface area contributed by atoms with E-state index in [9.17, 15) is 29.1 Å². The van der Waals surface area contributed by atoms with Crippen LogP contribution < -0.4 is 36.0 Å². The number of benzene rings is 4. The Hall–Kier alpha value is -13.4. The van der Waals surface area contributed by atoms with Crippen LogP contribution >= 0.6 is 45.6 Å². The van der Waals surface area contributed by atoms with Gasteiger partial charge in [0.05, 0.1) is 81.1 Å². The van der Waals surface area contributed by atoms with Gasteiger partial charge in [-0.3, -0.25) is 28.9 Å². The number of fused-ring (bicyclic) bond motifs is 8. The highest BCUT2D eigenvalue weighted by Gasteiger charge is 2.39. The standard InChI is InChI=1S/C23H19N3O2S.C22H29N7O.C20H26ClN7O2.C20H21N3O2S.C18H17N3O2S/c1-15-12-18(16-8-4-2-5-9-16)25-20(24-15)14-21-26-23(17-10-6-3-7-11-17)19(29-21)13-22(27)28;30-19-7-5-6-18-17-12-16(14-29(18)19)13-28(15-17)22-24-20(26-8-1-2-9-26)23-21(25-22)27-10-3-4-11-27;21-18-23-19(22-4-5-26-6-8-30-9-7-26)25-20(24-18)27-11-14-10-15(13-27)16-2-1-3-17(29)28(16)12-14;1-4-25-19(24)11-16-20(15-8-6-5-7-9-15)23-18(26-16)12-17-21-13(2)10-14(3)22-17;1-11-8-12(2)20-15(19-11)10-16-21-18(13-6-4-3-5-7-13)14(24-16)9-17(22)23/h2-12H,13-14H2,1H3,(H,27,28);5-7,16-17H,1-4,8-15H2;1-3,14-15H,4-13H2,(H,22,23,24,25);5-10H,4,11-12H2,1-3H3;3-8H,9-10H2,1-2H3,(H,22,23). The molecule has 718 valence electrons. The molecule has 0 saturated carbocycles. The van der Waals surface area contributed by atoms with Crippen molar-refractivity contribution in [2.45, 2.75) is 144 Å². The first-order valence-corrected chi connectivity index (χ1v) is 50.2. The van der Waals surface area contributed by atoms with Crippen LogP contribution in [0.5, 0.6) is 0 Å². The van der Waals surface area contributed by atoms with Crippen LogP contribution in [-0.4, -0.2) is 215 Å². The normalized spacial score (nSPS) is 16.8. The molecular weight excluding hydrogens is 1830 g/mol. The molecular formula is C103H112ClN23O9S3. The van der Waals surface area contributed by atoms with Gasteiger partial charge < -0.3 is 53.7 Å². The second kappa shape index (κ2) is 45.9. The zero-order chi connectivity index (χ0) is 96.4. The number of halogens is 1. The number of esters is 1. The molecule has 4 aromatic carbocycles. The molecule has 4 atom stereocenters. The van der Waals surface area contributed by atoms with Gasteiger partial charge in [0.25, 0.3) is 11.1 Å². The SMILES string of the molecule is CCOC(=O)Cc1sc(Cc2nc(C)cc(C)n2)nc1-c1ccccc1.Cc1cc(-c2ccccc2)nc(Cc2nc(-c3ccccc3)c(CC(=O)O)s2)n1.Cc1cc(C)nc(Cc2nc(-c3ccccc3)c(CC(=O)O)s2)n1.O=c1cccc2n1CC1CC2CN(c2nc(Cl)nc(NCCN3CCOCC3)n2)C1.O=c1cccc2n1CC1CC2CN(c2nc(N3CCCC3)nc(N3CCCC3)n2)C1. The van der Waals surface area contributed by atoms with Gasteiger partial charge in [0.15, 0.2) is 0 Å². The first-order valence-electron chi connectivity index (χ1n) is 47.4. The van der Waals surface area contributed by atoms with E-state index in [1.54, 1.807) is 12.1 Å². The van der Waals surface area contributed by atoms with E-state index < -0.39 is 11.9 Å². The minimum atomic E-state index is -0.865. The third-order valence-corrected chi connectivity index (χ3v) is 28.2. The van der Waals surface area contributed by atoms with E-state index in [0.29, 0.717) is 73.1 Å². The number of morpholine rings is 1. The van der Waals surface area contributed by atoms with E-state index in [1.807, 2.05) is 202 Å². The Morgan fingerprint density at radius 1 is 0.424 bits per heavy atom. The number of hydrogen-bond donors (Lipinski definition) is 3. The molecule has 36 heteroatoms. The van der Waals surface area contributed by atoms with Crippen LogP contribution in [0.25, 0.3) is 45.0 Å². The number of aryl methyl sites for hydroxylation is 5. The molecule has 32 nitrogen and oxygen atoms in total. The maximum atomic E-state index is 12.3. The number of nitrogens with zero attached hydrogens (tertiary/aromatic N) is 22. The average Bonchev–Trinajstić information content (AvgIpc) is 1.76. The highest BCUT2D eigenvalue weighted by Crippen LogP contribution is 2.41. The molecule has 4 unspecified atom stereocenters. The summed E-state index contributed by atoms with van der Waals surface area (Å²) in [6.07, 6.45) is 8.73. The molecule has 0 radical (unpaired) electrons. The minimum absolute atomic E-state index is 0.0321. The number of aromatic nitrogens is 17. The van der Waals surface area contributed by atoms with Crippen LogP contribution in [0, 0.1) is 46.5 Å². The van der Waals surface area contributed by atoms with Crippen LogP contribution in [0.1, 0.15) is 144 Å². The summed E-state index contributed by atoms with van der Waals surface area (Å²) < 4.78 is 14.4. The zero-order valence-electron chi connectivity index (χ0n) is 78.8. The fraction of sp³-hybridized carbons (Fsp3) is 0.379. The zero-order valence-corrected chi connectivity index (χ0v) is 82.0. The van der Waals surface area contributed by atoms with Gasteiger partial charge in [-0.2, -0.15) is 29.9 Å². The number of piperidine rings is 2. The second-order valence-corrected chi connectivity index (χ2v) is 39.5. The number of hydrogen-bond acceptors (Lipinski definition) is 31. The van der Waals surface area contributed by atoms with Crippen LogP contribution in [-0.2, 0) is 75.5 Å². The van der Waals surface area contributed by atoms with Gasteiger partial charge in [-0.1, -0.05) is 133 Å². The van der Waals surface area contributed by atoms with E-state index in [1.165, 1.54) is 59.7 Å². The van der Waals surface area contributed by atoms with Gasteiger partial charge in [-0.25, -0.2) is 44.9 Å². The average molecular weight is 1950 g/mol. The lowest BCUT2D eigenvalue weighted by Gasteiger charge is -2.42. The predicted octanol–water partition coefficient (Wildman–Crippen LogP) is 15.1. The Morgan fingerprint density at radius 3 is 1.23 bits per heavy atom. The van der Waals surface area contributed by atoms with Crippen molar-refractivity contribution in [3.63, 3.8) is 0 Å². The molecule has 10 aromatic heterocycles. The number of nitrogens with one attached hydrogen (secondary N) is 1. The summed E-state index contributed by atoms with van der Waals surface area (Å²) >= 11 is 10.6. The van der Waals surface area contributed by atoms with Gasteiger partial charge in [-0.05, 0) is 134 Å². The maximum absolute atomic E-state index is 12.3. The van der Waals surface area contributed by atoms with Crippen molar-refractivity contribution in [3.05, 3.63) is 289 Å². The first-order chi connectivity index (χ1) is 67.5. The van der Waals surface area contributed by atoms with Crippen molar-refractivity contribution in [1.29, 1.82) is 0 Å². The Bertz CT molecular complexity index is 6660. The number of anilines is 5. The van der Waals surface area contributed by atoms with Crippen LogP contribution in [0.15, 0.2) is 186 Å². The first kappa shape index (κ1) is 97.2. The number of ether oxygens (including phenoxy) is 2. The second-order valence-electron chi connectivity index (χ2n) is 35.6. The Morgan fingerprint density at radius 2 is 0.813 bits per heavy atom. The fourth-order valence-electron chi connectivity index (χ4n) is 18.9. The van der Waals surface area contributed by atoms with E-state index in [4.69, 9.17) is 56.1 Å². The molecule has 0 aliphatic carbocycles. The summed E-state index contributed by atoms with van der Waals surface area (Å²) in [6.45, 7) is 26.1. The number of rotatable bonds is 25. The molecule has 3 N–H and O–H groups in total. The monoisotopic (exact) mass is 1950 g/mol. The summed E-state index contributed by atoms with van der Waals surface area (Å²) in [7, 11) is 0. The lowest BCUT2D eigenvalue weighted by molar-refractivity contribution is -0.142. The van der Waals surface area contributed by atoms with Crippen LogP contribution in [0.4, 0.5) is 29.7 Å². The number of carbonyl (C=O) groups excluding carboxylic acids is 1. The lowest BCUT2D eigenvalue weighted by Crippen LogP contribution is -2.47. The molecule has 7 aliphatic rings. The molecule has 14 aromatic rings. The summed E-state index contributed by atoms with van der Waals surface area (Å²) in [6, 6.07) is 56.3. The van der Waals surface area contributed by atoms with E-state index in [2.05, 4.69) is 86.8 Å². The van der Waals surface area contributed by atoms with Crippen LogP contribution in [0.2, 0.25) is 5.28 Å². The molecule has 4 bridgehead atoms. The van der Waals surface area contributed by atoms with E-state index in [0.717, 1.165) is 256 Å². The predicted molar refractivity (Wildman–Crippen MR) is 540 cm³/mol. The van der Waals surface area contributed by atoms with Crippen molar-refractivity contribution in [2.75, 3.05) is 123 Å². The molecule has 0 spiro atoms. The Balaban J connectivity index is 0.000000120. The van der Waals surface area contributed by atoms with Crippen LogP contribution in [0.3, 0.4) is 0 Å². The number of pyridine rings is 2. The number of carboxylic acid groups (broad SMARTS) is 2. The third-order valence-electron chi connectivity index (χ3n) is 24.9. The quantitative estimate of drug-likeness (QED) is 0.0447. The highest BCUT2D eigenvalue weighted by atomic mass is 35.5. The molecule has 5 fully saturated rings. The lowest BCUT2D eigenvalue weighted by atomic mass is 9.83. The van der Waals surface area contributed by atoms with Gasteiger partial charge >= 0.3 is 17.9 Å². The topological polar surface area (TPSA) is 376 Å². The maximum Gasteiger partial charge on any atom is 0.311 e. The number of thiazole rings is 3. The summed E-state index contributed by atoms with van der Waals surface area (Å²) in [4.78, 5) is 142. The summed E-state index contributed by atoms with van der Waals surface area (Å²) in [5, 5.41) is 24.5. The molecule has 5 saturated heterocycles. The van der Waals surface area contributed by atoms with Crippen molar-refractivity contribution in [3.8, 4) is 45.0 Å². The number of aliphatic carboxylic acids is 2. The molecule has 21 rings (SSSR count).